The first-order chi connectivity index (χ1) is 13.9. The van der Waals surface area contributed by atoms with Crippen LogP contribution in [0.4, 0.5) is 0 Å². The van der Waals surface area contributed by atoms with Crippen molar-refractivity contribution in [1.29, 1.82) is 0 Å². The van der Waals surface area contributed by atoms with Crippen molar-refractivity contribution in [1.82, 2.24) is 9.47 Å². The van der Waals surface area contributed by atoms with Crippen LogP contribution < -0.4 is 5.56 Å². The van der Waals surface area contributed by atoms with Gasteiger partial charge < -0.3 is 10.2 Å². The van der Waals surface area contributed by atoms with Crippen molar-refractivity contribution < 1.29 is 15.0 Å². The van der Waals surface area contributed by atoms with Crippen molar-refractivity contribution in [3.63, 3.8) is 0 Å². The maximum absolute atomic E-state index is 13.4. The van der Waals surface area contributed by atoms with Crippen LogP contribution >= 0.6 is 0 Å². The molecule has 1 fully saturated rings. The molecule has 0 radical (unpaired) electrons. The Hall–Kier alpha value is -2.96. The zero-order valence-corrected chi connectivity index (χ0v) is 16.3. The van der Waals surface area contributed by atoms with E-state index in [0.717, 1.165) is 0 Å². The van der Waals surface area contributed by atoms with Crippen LogP contribution in [0.1, 0.15) is 35.8 Å². The second-order valence-electron chi connectivity index (χ2n) is 7.92. The number of aliphatic hydroxyl groups is 1. The monoisotopic (exact) mass is 392 g/mol. The molecule has 0 saturated carbocycles. The molecule has 0 unspecified atom stereocenters. The fourth-order valence-electron chi connectivity index (χ4n) is 4.04. The predicted octanol–water partition coefficient (Wildman–Crippen LogP) is 3.04. The van der Waals surface area contributed by atoms with Gasteiger partial charge in [-0.3, -0.25) is 14.3 Å². The molecular weight excluding hydrogens is 368 g/mol. The number of carboxylic acids is 1. The van der Waals surface area contributed by atoms with Gasteiger partial charge in [-0.05, 0) is 38.0 Å². The Morgan fingerprint density at radius 2 is 1.59 bits per heavy atom. The van der Waals surface area contributed by atoms with Gasteiger partial charge in [0.05, 0.1) is 16.9 Å². The third-order valence-electron chi connectivity index (χ3n) is 5.72. The van der Waals surface area contributed by atoms with Gasteiger partial charge in [0.15, 0.2) is 0 Å². The van der Waals surface area contributed by atoms with Crippen molar-refractivity contribution in [3.8, 4) is 5.69 Å². The smallest absolute Gasteiger partial charge is 0.338 e. The van der Waals surface area contributed by atoms with E-state index >= 15 is 0 Å². The molecule has 1 saturated heterocycles. The van der Waals surface area contributed by atoms with Crippen molar-refractivity contribution >= 4 is 16.7 Å². The SMILES string of the molecule is CC1(O)CCN(Cc2c(C(=O)O)c3ccccc3c(=O)n2-c2ccccc2)CC1. The van der Waals surface area contributed by atoms with E-state index in [1.807, 2.05) is 37.3 Å². The van der Waals surface area contributed by atoms with E-state index in [9.17, 15) is 19.8 Å². The number of carbonyl (C=O) groups is 1. The molecule has 6 nitrogen and oxygen atoms in total. The third-order valence-corrected chi connectivity index (χ3v) is 5.72. The highest BCUT2D eigenvalue weighted by atomic mass is 16.4. The topological polar surface area (TPSA) is 82.8 Å². The summed E-state index contributed by atoms with van der Waals surface area (Å²) in [6.07, 6.45) is 1.22. The molecule has 4 rings (SSSR count). The van der Waals surface area contributed by atoms with Crippen LogP contribution in [-0.4, -0.2) is 44.3 Å². The molecule has 2 N–H and O–H groups in total. The number of aromatic carboxylic acids is 1. The van der Waals surface area contributed by atoms with E-state index < -0.39 is 11.6 Å². The summed E-state index contributed by atoms with van der Waals surface area (Å²) in [4.78, 5) is 27.8. The minimum absolute atomic E-state index is 0.154. The number of nitrogens with zero attached hydrogens (tertiary/aromatic N) is 2. The largest absolute Gasteiger partial charge is 0.478 e. The predicted molar refractivity (Wildman–Crippen MR) is 112 cm³/mol. The van der Waals surface area contributed by atoms with E-state index in [1.54, 1.807) is 24.3 Å². The summed E-state index contributed by atoms with van der Waals surface area (Å²) < 4.78 is 1.53. The van der Waals surface area contributed by atoms with Crippen LogP contribution in [0, 0.1) is 0 Å². The number of hydrogen-bond donors (Lipinski definition) is 2. The molecule has 0 amide bonds. The Kier molecular flexibility index (Phi) is 4.98. The fraction of sp³-hybridized carbons (Fsp3) is 0.304. The van der Waals surface area contributed by atoms with Crippen molar-refractivity contribution in [3.05, 3.63) is 76.2 Å². The molecule has 0 spiro atoms. The van der Waals surface area contributed by atoms with Gasteiger partial charge in [-0.2, -0.15) is 0 Å². The normalized spacial score (nSPS) is 16.8. The zero-order chi connectivity index (χ0) is 20.6. The number of fused-ring (bicyclic) bond motifs is 1. The number of aromatic nitrogens is 1. The molecule has 0 atom stereocenters. The van der Waals surface area contributed by atoms with Gasteiger partial charge >= 0.3 is 5.97 Å². The number of rotatable bonds is 4. The molecule has 0 aliphatic carbocycles. The lowest BCUT2D eigenvalue weighted by Crippen LogP contribution is -2.43. The molecule has 150 valence electrons. The van der Waals surface area contributed by atoms with E-state index in [-0.39, 0.29) is 11.1 Å². The maximum atomic E-state index is 13.4. The number of carboxylic acid groups (broad SMARTS) is 1. The van der Waals surface area contributed by atoms with E-state index in [0.29, 0.717) is 54.6 Å². The Labute approximate surface area is 168 Å². The second kappa shape index (κ2) is 7.46. The summed E-state index contributed by atoms with van der Waals surface area (Å²) in [5, 5.41) is 21.2. The minimum Gasteiger partial charge on any atom is -0.478 e. The average molecular weight is 392 g/mol. The standard InChI is InChI=1S/C23H24N2O4/c1-23(29)11-13-24(14-12-23)15-19-20(22(27)28)17-9-5-6-10-18(17)21(26)25(19)16-7-3-2-4-8-16/h2-10,29H,11-15H2,1H3,(H,27,28). The molecule has 0 bridgehead atoms. The van der Waals surface area contributed by atoms with Gasteiger partial charge in [0.25, 0.3) is 5.56 Å². The van der Waals surface area contributed by atoms with E-state index in [1.165, 1.54) is 4.57 Å². The lowest BCUT2D eigenvalue weighted by atomic mass is 9.93. The summed E-state index contributed by atoms with van der Waals surface area (Å²) in [6, 6.07) is 16.0. The van der Waals surface area contributed by atoms with Gasteiger partial charge in [0, 0.05) is 36.1 Å². The molecule has 2 aromatic carbocycles. The number of benzene rings is 2. The Morgan fingerprint density at radius 3 is 2.21 bits per heavy atom. The molecule has 1 aliphatic rings. The molecule has 3 aromatic rings. The molecule has 29 heavy (non-hydrogen) atoms. The first-order valence-electron chi connectivity index (χ1n) is 9.77. The number of piperidine rings is 1. The highest BCUT2D eigenvalue weighted by Crippen LogP contribution is 2.27. The van der Waals surface area contributed by atoms with Crippen LogP contribution in [0.5, 0.6) is 0 Å². The lowest BCUT2D eigenvalue weighted by molar-refractivity contribution is -0.00784. The number of likely N-dealkylation sites (tertiary alicyclic amines) is 1. The fourth-order valence-corrected chi connectivity index (χ4v) is 4.04. The van der Waals surface area contributed by atoms with Gasteiger partial charge in [0.1, 0.15) is 0 Å². The summed E-state index contributed by atoms with van der Waals surface area (Å²) in [5.41, 5.74) is 0.338. The number of hydrogen-bond acceptors (Lipinski definition) is 4. The van der Waals surface area contributed by atoms with Gasteiger partial charge in [-0.15, -0.1) is 0 Å². The first kappa shape index (κ1) is 19.4. The quantitative estimate of drug-likeness (QED) is 0.713. The van der Waals surface area contributed by atoms with Crippen LogP contribution in [0.3, 0.4) is 0 Å². The molecule has 6 heteroatoms. The molecule has 2 heterocycles. The average Bonchev–Trinajstić information content (AvgIpc) is 2.70. The summed E-state index contributed by atoms with van der Waals surface area (Å²) in [7, 11) is 0. The van der Waals surface area contributed by atoms with Crippen LogP contribution in [0.15, 0.2) is 59.4 Å². The van der Waals surface area contributed by atoms with Gasteiger partial charge in [0.2, 0.25) is 0 Å². The van der Waals surface area contributed by atoms with E-state index in [2.05, 4.69) is 4.90 Å². The molecular formula is C23H24N2O4. The Bertz CT molecular complexity index is 1110. The first-order valence-corrected chi connectivity index (χ1v) is 9.77. The van der Waals surface area contributed by atoms with Crippen LogP contribution in [-0.2, 0) is 6.54 Å². The van der Waals surface area contributed by atoms with Crippen molar-refractivity contribution in [2.24, 2.45) is 0 Å². The lowest BCUT2D eigenvalue weighted by Gasteiger charge is -2.36. The molecule has 1 aromatic heterocycles. The van der Waals surface area contributed by atoms with E-state index in [4.69, 9.17) is 0 Å². The summed E-state index contributed by atoms with van der Waals surface area (Å²) in [5.74, 6) is -1.05. The highest BCUT2D eigenvalue weighted by Gasteiger charge is 2.30. The third kappa shape index (κ3) is 3.69. The second-order valence-corrected chi connectivity index (χ2v) is 7.92. The van der Waals surface area contributed by atoms with Crippen molar-refractivity contribution in [2.75, 3.05) is 13.1 Å². The van der Waals surface area contributed by atoms with Crippen molar-refractivity contribution in [2.45, 2.75) is 31.9 Å². The van der Waals surface area contributed by atoms with Crippen LogP contribution in [0.2, 0.25) is 0 Å². The molecule has 1 aliphatic heterocycles. The Balaban J connectivity index is 1.94. The number of para-hydroxylation sites is 1. The van der Waals surface area contributed by atoms with Gasteiger partial charge in [-0.25, -0.2) is 4.79 Å². The maximum Gasteiger partial charge on any atom is 0.338 e. The minimum atomic E-state index is -1.05. The highest BCUT2D eigenvalue weighted by molar-refractivity contribution is 6.04. The van der Waals surface area contributed by atoms with Crippen LogP contribution in [0.25, 0.3) is 16.5 Å². The zero-order valence-electron chi connectivity index (χ0n) is 16.3. The Morgan fingerprint density at radius 1 is 1.00 bits per heavy atom. The number of pyridine rings is 1. The summed E-state index contributed by atoms with van der Waals surface area (Å²) in [6.45, 7) is 3.43. The van der Waals surface area contributed by atoms with Gasteiger partial charge in [-0.1, -0.05) is 36.4 Å². The summed E-state index contributed by atoms with van der Waals surface area (Å²) >= 11 is 0.